The van der Waals surface area contributed by atoms with Gasteiger partial charge in [-0.15, -0.1) is 0 Å². The fourth-order valence-electron chi connectivity index (χ4n) is 1.57. The van der Waals surface area contributed by atoms with Crippen LogP contribution in [0.15, 0.2) is 30.5 Å². The second-order valence-corrected chi connectivity index (χ2v) is 4.04. The van der Waals surface area contributed by atoms with Gasteiger partial charge in [-0.25, -0.2) is 4.98 Å². The molecule has 17 heavy (non-hydrogen) atoms. The van der Waals surface area contributed by atoms with E-state index >= 15 is 0 Å². The SMILES string of the molecule is CNC(=O)c1cn(-c2ccc(Cl)cc2)c(C)n1. The Balaban J connectivity index is 2.42. The Labute approximate surface area is 104 Å². The molecule has 1 aromatic heterocycles. The summed E-state index contributed by atoms with van der Waals surface area (Å²) in [6, 6.07) is 7.36. The first-order chi connectivity index (χ1) is 8.11. The molecule has 0 radical (unpaired) electrons. The number of carbonyl (C=O) groups excluding carboxylic acids is 1. The lowest BCUT2D eigenvalue weighted by molar-refractivity contribution is 0.0958. The minimum atomic E-state index is -0.194. The van der Waals surface area contributed by atoms with Gasteiger partial charge in [0.25, 0.3) is 5.91 Å². The predicted octanol–water partition coefficient (Wildman–Crippen LogP) is 2.19. The molecule has 0 fully saturated rings. The lowest BCUT2D eigenvalue weighted by Gasteiger charge is -2.03. The minimum Gasteiger partial charge on any atom is -0.354 e. The molecule has 0 saturated heterocycles. The number of hydrogen-bond acceptors (Lipinski definition) is 2. The first-order valence-electron chi connectivity index (χ1n) is 5.16. The van der Waals surface area contributed by atoms with Crippen LogP contribution in [0.5, 0.6) is 0 Å². The minimum absolute atomic E-state index is 0.194. The van der Waals surface area contributed by atoms with Gasteiger partial charge in [-0.05, 0) is 31.2 Å². The fourth-order valence-corrected chi connectivity index (χ4v) is 1.70. The van der Waals surface area contributed by atoms with Gasteiger partial charge < -0.3 is 9.88 Å². The van der Waals surface area contributed by atoms with Gasteiger partial charge >= 0.3 is 0 Å². The monoisotopic (exact) mass is 249 g/mol. The van der Waals surface area contributed by atoms with Crippen LogP contribution in [-0.4, -0.2) is 22.5 Å². The summed E-state index contributed by atoms with van der Waals surface area (Å²) in [4.78, 5) is 15.7. The molecule has 0 bridgehead atoms. The summed E-state index contributed by atoms with van der Waals surface area (Å²) < 4.78 is 1.85. The molecule has 2 rings (SSSR count). The van der Waals surface area contributed by atoms with Crippen LogP contribution in [-0.2, 0) is 0 Å². The zero-order valence-corrected chi connectivity index (χ0v) is 10.3. The average Bonchev–Trinajstić information content (AvgIpc) is 2.71. The topological polar surface area (TPSA) is 46.9 Å². The number of aryl methyl sites for hydroxylation is 1. The molecular weight excluding hydrogens is 238 g/mol. The van der Waals surface area contributed by atoms with Crippen molar-refractivity contribution in [2.24, 2.45) is 0 Å². The smallest absolute Gasteiger partial charge is 0.271 e. The summed E-state index contributed by atoms with van der Waals surface area (Å²) in [7, 11) is 1.58. The number of hydrogen-bond donors (Lipinski definition) is 1. The molecule has 5 heteroatoms. The molecule has 0 unspecified atom stereocenters. The number of amides is 1. The van der Waals surface area contributed by atoms with Gasteiger partial charge in [0.1, 0.15) is 11.5 Å². The van der Waals surface area contributed by atoms with E-state index in [4.69, 9.17) is 11.6 Å². The summed E-state index contributed by atoms with van der Waals surface area (Å²) in [5, 5.41) is 3.23. The average molecular weight is 250 g/mol. The van der Waals surface area contributed by atoms with E-state index in [9.17, 15) is 4.79 Å². The summed E-state index contributed by atoms with van der Waals surface area (Å²) in [6.07, 6.45) is 1.71. The summed E-state index contributed by atoms with van der Waals surface area (Å²) in [5.74, 6) is 0.562. The maximum atomic E-state index is 11.5. The van der Waals surface area contributed by atoms with Crippen LogP contribution < -0.4 is 5.32 Å². The van der Waals surface area contributed by atoms with Gasteiger partial charge in [0, 0.05) is 24.0 Å². The van der Waals surface area contributed by atoms with Crippen molar-refractivity contribution in [3.05, 3.63) is 47.0 Å². The molecule has 1 heterocycles. The highest BCUT2D eigenvalue weighted by molar-refractivity contribution is 6.30. The van der Waals surface area contributed by atoms with E-state index in [2.05, 4.69) is 10.3 Å². The molecule has 88 valence electrons. The van der Waals surface area contributed by atoms with Gasteiger partial charge in [-0.3, -0.25) is 4.79 Å². The normalized spacial score (nSPS) is 10.3. The predicted molar refractivity (Wildman–Crippen MR) is 66.7 cm³/mol. The number of rotatable bonds is 2. The Morgan fingerprint density at radius 2 is 2.00 bits per heavy atom. The van der Waals surface area contributed by atoms with Crippen LogP contribution in [0, 0.1) is 6.92 Å². The number of carbonyl (C=O) groups is 1. The van der Waals surface area contributed by atoms with E-state index in [-0.39, 0.29) is 5.91 Å². The third-order valence-corrected chi connectivity index (χ3v) is 2.70. The quantitative estimate of drug-likeness (QED) is 0.887. The van der Waals surface area contributed by atoms with Crippen LogP contribution in [0.4, 0.5) is 0 Å². The molecule has 1 N–H and O–H groups in total. The lowest BCUT2D eigenvalue weighted by Crippen LogP contribution is -2.18. The Kier molecular flexibility index (Phi) is 3.15. The highest BCUT2D eigenvalue weighted by Crippen LogP contribution is 2.15. The Hall–Kier alpha value is -1.81. The van der Waals surface area contributed by atoms with Gasteiger partial charge in [0.05, 0.1) is 0 Å². The molecule has 0 aliphatic rings. The lowest BCUT2D eigenvalue weighted by atomic mass is 10.3. The number of aromatic nitrogens is 2. The third-order valence-electron chi connectivity index (χ3n) is 2.45. The van der Waals surface area contributed by atoms with Gasteiger partial charge in [0.2, 0.25) is 0 Å². The molecule has 2 aromatic rings. The number of nitrogens with one attached hydrogen (secondary N) is 1. The molecular formula is C12H12ClN3O. The fraction of sp³-hybridized carbons (Fsp3) is 0.167. The standard InChI is InChI=1S/C12H12ClN3O/c1-8-15-11(12(17)14-2)7-16(8)10-5-3-9(13)4-6-10/h3-7H,1-2H3,(H,14,17). The number of imidazole rings is 1. The summed E-state index contributed by atoms with van der Waals surface area (Å²) >= 11 is 5.83. The van der Waals surface area contributed by atoms with Crippen LogP contribution in [0.3, 0.4) is 0 Å². The van der Waals surface area contributed by atoms with E-state index < -0.39 is 0 Å². The Morgan fingerprint density at radius 3 is 2.59 bits per heavy atom. The number of halogens is 1. The molecule has 0 saturated carbocycles. The van der Waals surface area contributed by atoms with Crippen molar-refractivity contribution in [1.82, 2.24) is 14.9 Å². The van der Waals surface area contributed by atoms with E-state index in [0.29, 0.717) is 10.7 Å². The van der Waals surface area contributed by atoms with Gasteiger partial charge in [0.15, 0.2) is 0 Å². The van der Waals surface area contributed by atoms with Crippen molar-refractivity contribution in [3.63, 3.8) is 0 Å². The summed E-state index contributed by atoms with van der Waals surface area (Å²) in [6.45, 7) is 1.85. The first kappa shape index (κ1) is 11.7. The first-order valence-corrected chi connectivity index (χ1v) is 5.53. The molecule has 1 amide bonds. The Morgan fingerprint density at radius 1 is 1.35 bits per heavy atom. The molecule has 1 aromatic carbocycles. The zero-order valence-electron chi connectivity index (χ0n) is 9.57. The van der Waals surface area contributed by atoms with E-state index in [0.717, 1.165) is 11.5 Å². The largest absolute Gasteiger partial charge is 0.354 e. The van der Waals surface area contributed by atoms with Crippen LogP contribution >= 0.6 is 11.6 Å². The van der Waals surface area contributed by atoms with Crippen molar-refractivity contribution in [2.45, 2.75) is 6.92 Å². The maximum absolute atomic E-state index is 11.5. The summed E-state index contributed by atoms with van der Waals surface area (Å²) in [5.41, 5.74) is 1.33. The third kappa shape index (κ3) is 2.31. The number of nitrogens with zero attached hydrogens (tertiary/aromatic N) is 2. The van der Waals surface area contributed by atoms with E-state index in [1.165, 1.54) is 0 Å². The molecule has 4 nitrogen and oxygen atoms in total. The molecule has 0 spiro atoms. The molecule has 0 atom stereocenters. The van der Waals surface area contributed by atoms with Gasteiger partial charge in [-0.2, -0.15) is 0 Å². The van der Waals surface area contributed by atoms with Crippen molar-refractivity contribution in [1.29, 1.82) is 0 Å². The van der Waals surface area contributed by atoms with Crippen LogP contribution in [0.1, 0.15) is 16.3 Å². The van der Waals surface area contributed by atoms with E-state index in [1.807, 2.05) is 23.6 Å². The van der Waals surface area contributed by atoms with Crippen molar-refractivity contribution in [3.8, 4) is 5.69 Å². The van der Waals surface area contributed by atoms with Crippen molar-refractivity contribution >= 4 is 17.5 Å². The second-order valence-electron chi connectivity index (χ2n) is 3.60. The second kappa shape index (κ2) is 4.59. The van der Waals surface area contributed by atoms with Gasteiger partial charge in [-0.1, -0.05) is 11.6 Å². The van der Waals surface area contributed by atoms with Crippen LogP contribution in [0.25, 0.3) is 5.69 Å². The molecule has 0 aliphatic carbocycles. The van der Waals surface area contributed by atoms with Crippen LogP contribution in [0.2, 0.25) is 5.02 Å². The highest BCUT2D eigenvalue weighted by Gasteiger charge is 2.11. The van der Waals surface area contributed by atoms with E-state index in [1.54, 1.807) is 25.4 Å². The van der Waals surface area contributed by atoms with Crippen molar-refractivity contribution < 1.29 is 4.79 Å². The maximum Gasteiger partial charge on any atom is 0.271 e. The zero-order chi connectivity index (χ0) is 12.4. The Bertz CT molecular complexity index is 545. The highest BCUT2D eigenvalue weighted by atomic mass is 35.5. The number of benzene rings is 1. The molecule has 0 aliphatic heterocycles. The van der Waals surface area contributed by atoms with Crippen molar-refractivity contribution in [2.75, 3.05) is 7.05 Å².